The Morgan fingerprint density at radius 3 is 3.05 bits per heavy atom. The third-order valence-electron chi connectivity index (χ3n) is 4.05. The van der Waals surface area contributed by atoms with E-state index in [1.165, 1.54) is 0 Å². The molecule has 7 nitrogen and oxygen atoms in total. The average molecular weight is 276 g/mol. The van der Waals surface area contributed by atoms with Crippen LogP contribution >= 0.6 is 0 Å². The van der Waals surface area contributed by atoms with Crippen LogP contribution in [0.15, 0.2) is 12.5 Å². The zero-order valence-corrected chi connectivity index (χ0v) is 11.9. The minimum absolute atomic E-state index is 0.243. The molecule has 2 N–H and O–H groups in total. The third kappa shape index (κ3) is 2.12. The molecule has 108 valence electrons. The lowest BCUT2D eigenvalue weighted by Gasteiger charge is -2.39. The molecule has 2 unspecified atom stereocenters. The molecule has 0 saturated carbocycles. The van der Waals surface area contributed by atoms with E-state index in [4.69, 9.17) is 10.5 Å². The second kappa shape index (κ2) is 5.34. The number of hydrogen-bond acceptors (Lipinski definition) is 6. The van der Waals surface area contributed by atoms with E-state index >= 15 is 0 Å². The smallest absolute Gasteiger partial charge is 0.163 e. The van der Waals surface area contributed by atoms with Gasteiger partial charge in [0.25, 0.3) is 0 Å². The van der Waals surface area contributed by atoms with Gasteiger partial charge < -0.3 is 15.4 Å². The summed E-state index contributed by atoms with van der Waals surface area (Å²) in [6.07, 6.45) is 5.61. The van der Waals surface area contributed by atoms with Gasteiger partial charge in [0.2, 0.25) is 0 Å². The first kappa shape index (κ1) is 13.3. The summed E-state index contributed by atoms with van der Waals surface area (Å²) >= 11 is 0. The fourth-order valence-electron chi connectivity index (χ4n) is 2.91. The van der Waals surface area contributed by atoms with Crippen molar-refractivity contribution in [3.8, 4) is 0 Å². The van der Waals surface area contributed by atoms with Gasteiger partial charge in [-0.25, -0.2) is 9.97 Å². The van der Waals surface area contributed by atoms with E-state index in [9.17, 15) is 0 Å². The molecule has 1 saturated heterocycles. The highest BCUT2D eigenvalue weighted by Gasteiger charge is 2.29. The minimum Gasteiger partial charge on any atom is -0.381 e. The van der Waals surface area contributed by atoms with E-state index in [2.05, 4.69) is 20.0 Å². The lowest BCUT2D eigenvalue weighted by atomic mass is 9.99. The molecule has 3 rings (SSSR count). The molecule has 0 spiro atoms. The van der Waals surface area contributed by atoms with E-state index in [0.717, 1.165) is 36.2 Å². The van der Waals surface area contributed by atoms with Crippen LogP contribution < -0.4 is 10.6 Å². The Morgan fingerprint density at radius 1 is 1.45 bits per heavy atom. The number of rotatable bonds is 3. The molecule has 20 heavy (non-hydrogen) atoms. The summed E-state index contributed by atoms with van der Waals surface area (Å²) in [5, 5.41) is 5.24. The van der Waals surface area contributed by atoms with Crippen molar-refractivity contribution >= 4 is 16.9 Å². The number of piperidine rings is 1. The van der Waals surface area contributed by atoms with E-state index < -0.39 is 0 Å². The molecule has 0 amide bonds. The van der Waals surface area contributed by atoms with E-state index in [1.54, 1.807) is 18.1 Å². The fraction of sp³-hybridized carbons (Fsp3) is 0.615. The summed E-state index contributed by atoms with van der Waals surface area (Å²) in [6, 6.07) is 0.243. The molecule has 1 fully saturated rings. The van der Waals surface area contributed by atoms with Crippen LogP contribution in [0.1, 0.15) is 12.8 Å². The predicted molar refractivity (Wildman–Crippen MR) is 76.5 cm³/mol. The Labute approximate surface area is 117 Å². The Morgan fingerprint density at radius 2 is 2.30 bits per heavy atom. The molecular formula is C13H20N6O. The minimum atomic E-state index is 0.243. The molecule has 0 aromatic carbocycles. The van der Waals surface area contributed by atoms with Gasteiger partial charge in [0.05, 0.1) is 17.7 Å². The van der Waals surface area contributed by atoms with Crippen molar-refractivity contribution < 1.29 is 4.74 Å². The van der Waals surface area contributed by atoms with Crippen molar-refractivity contribution in [2.75, 3.05) is 25.1 Å². The van der Waals surface area contributed by atoms with Crippen molar-refractivity contribution in [3.05, 3.63) is 12.5 Å². The molecule has 1 aliphatic rings. The van der Waals surface area contributed by atoms with Gasteiger partial charge in [0.1, 0.15) is 12.1 Å². The first-order chi connectivity index (χ1) is 9.74. The second-order valence-electron chi connectivity index (χ2n) is 5.17. The number of fused-ring (bicyclic) bond motifs is 1. The van der Waals surface area contributed by atoms with Crippen LogP contribution in [0.2, 0.25) is 0 Å². The standard InChI is InChI=1S/C13H20N6O/c1-18-12-11(7-17-18)13(16-8-15-12)19-4-3-10(20-2)5-9(19)6-14/h7-10H,3-6,14H2,1-2H3. The molecular weight excluding hydrogens is 256 g/mol. The topological polar surface area (TPSA) is 82.1 Å². The Kier molecular flexibility index (Phi) is 3.54. The number of aryl methyl sites for hydroxylation is 1. The highest BCUT2D eigenvalue weighted by Crippen LogP contribution is 2.28. The van der Waals surface area contributed by atoms with Gasteiger partial charge in [-0.1, -0.05) is 0 Å². The normalized spacial score (nSPS) is 23.4. The maximum atomic E-state index is 5.94. The van der Waals surface area contributed by atoms with Crippen molar-refractivity contribution in [1.29, 1.82) is 0 Å². The molecule has 2 aromatic rings. The van der Waals surface area contributed by atoms with Gasteiger partial charge >= 0.3 is 0 Å². The first-order valence-electron chi connectivity index (χ1n) is 6.86. The molecule has 7 heteroatoms. The van der Waals surface area contributed by atoms with Gasteiger partial charge in [-0.15, -0.1) is 0 Å². The summed E-state index contributed by atoms with van der Waals surface area (Å²) in [6.45, 7) is 1.48. The molecule has 0 bridgehead atoms. The number of nitrogens with zero attached hydrogens (tertiary/aromatic N) is 5. The van der Waals surface area contributed by atoms with Gasteiger partial charge in [0, 0.05) is 33.3 Å². The van der Waals surface area contributed by atoms with E-state index in [0.29, 0.717) is 6.54 Å². The van der Waals surface area contributed by atoms with E-state index in [-0.39, 0.29) is 12.1 Å². The highest BCUT2D eigenvalue weighted by molar-refractivity contribution is 5.86. The monoisotopic (exact) mass is 276 g/mol. The number of anilines is 1. The highest BCUT2D eigenvalue weighted by atomic mass is 16.5. The van der Waals surface area contributed by atoms with Crippen molar-refractivity contribution in [2.45, 2.75) is 25.0 Å². The van der Waals surface area contributed by atoms with Crippen LogP contribution in [-0.2, 0) is 11.8 Å². The SMILES string of the molecule is COC1CCN(c2ncnc3c2cnn3C)C(CN)C1. The fourth-order valence-corrected chi connectivity index (χ4v) is 2.91. The lowest BCUT2D eigenvalue weighted by molar-refractivity contribution is 0.0708. The van der Waals surface area contributed by atoms with Gasteiger partial charge in [-0.2, -0.15) is 5.10 Å². The number of hydrogen-bond donors (Lipinski definition) is 1. The molecule has 2 aromatic heterocycles. The maximum Gasteiger partial charge on any atom is 0.163 e. The van der Waals surface area contributed by atoms with Crippen LogP contribution in [0, 0.1) is 0 Å². The van der Waals surface area contributed by atoms with Gasteiger partial charge in [-0.3, -0.25) is 4.68 Å². The largest absolute Gasteiger partial charge is 0.381 e. The van der Waals surface area contributed by atoms with Crippen LogP contribution in [0.3, 0.4) is 0 Å². The number of aromatic nitrogens is 4. The Bertz CT molecular complexity index is 598. The maximum absolute atomic E-state index is 5.94. The number of nitrogens with two attached hydrogens (primary N) is 1. The average Bonchev–Trinajstić information content (AvgIpc) is 2.88. The molecule has 1 aliphatic heterocycles. The zero-order chi connectivity index (χ0) is 14.1. The Balaban J connectivity index is 1.97. The summed E-state index contributed by atoms with van der Waals surface area (Å²) in [4.78, 5) is 11.0. The molecule has 3 heterocycles. The summed E-state index contributed by atoms with van der Waals surface area (Å²) in [7, 11) is 3.65. The molecule has 2 atom stereocenters. The molecule has 0 aliphatic carbocycles. The van der Waals surface area contributed by atoms with Crippen molar-refractivity contribution in [2.24, 2.45) is 12.8 Å². The number of ether oxygens (including phenoxy) is 1. The summed E-state index contributed by atoms with van der Waals surface area (Å²) in [5.41, 5.74) is 6.78. The van der Waals surface area contributed by atoms with Crippen LogP contribution in [0.25, 0.3) is 11.0 Å². The summed E-state index contributed by atoms with van der Waals surface area (Å²) < 4.78 is 7.23. The third-order valence-corrected chi connectivity index (χ3v) is 4.05. The van der Waals surface area contributed by atoms with Crippen molar-refractivity contribution in [3.63, 3.8) is 0 Å². The van der Waals surface area contributed by atoms with E-state index in [1.807, 2.05) is 13.2 Å². The van der Waals surface area contributed by atoms with Gasteiger partial charge in [0.15, 0.2) is 5.65 Å². The lowest BCUT2D eigenvalue weighted by Crippen LogP contribution is -2.49. The quantitative estimate of drug-likeness (QED) is 0.868. The molecule has 0 radical (unpaired) electrons. The first-order valence-corrected chi connectivity index (χ1v) is 6.86. The van der Waals surface area contributed by atoms with Gasteiger partial charge in [-0.05, 0) is 12.8 Å². The number of methoxy groups -OCH3 is 1. The van der Waals surface area contributed by atoms with Crippen LogP contribution in [0.5, 0.6) is 0 Å². The second-order valence-corrected chi connectivity index (χ2v) is 5.17. The van der Waals surface area contributed by atoms with Crippen LogP contribution in [-0.4, -0.2) is 52.1 Å². The predicted octanol–water partition coefficient (Wildman–Crippen LogP) is 0.306. The summed E-state index contributed by atoms with van der Waals surface area (Å²) in [5.74, 6) is 0.924. The van der Waals surface area contributed by atoms with Crippen molar-refractivity contribution in [1.82, 2.24) is 19.7 Å². The van der Waals surface area contributed by atoms with Crippen LogP contribution in [0.4, 0.5) is 5.82 Å². The Hall–Kier alpha value is -1.73. The zero-order valence-electron chi connectivity index (χ0n) is 11.9.